The Hall–Kier alpha value is -1.73. The van der Waals surface area contributed by atoms with E-state index in [4.69, 9.17) is 0 Å². The van der Waals surface area contributed by atoms with Gasteiger partial charge in [0, 0.05) is 31.1 Å². The molecule has 0 bridgehead atoms. The molecule has 0 atom stereocenters. The Morgan fingerprint density at radius 2 is 2.44 bits per heavy atom. The van der Waals surface area contributed by atoms with Crippen molar-refractivity contribution in [3.05, 3.63) is 28.7 Å². The summed E-state index contributed by atoms with van der Waals surface area (Å²) in [6, 6.07) is 1.92. The van der Waals surface area contributed by atoms with Crippen LogP contribution in [0.15, 0.2) is 23.8 Å². The molecule has 2 aromatic heterocycles. The first-order chi connectivity index (χ1) is 8.75. The van der Waals surface area contributed by atoms with Crippen LogP contribution in [0.4, 0.5) is 5.69 Å². The summed E-state index contributed by atoms with van der Waals surface area (Å²) in [6.45, 7) is 3.84. The molecule has 2 heterocycles. The number of thiophene rings is 1. The number of carbonyl (C=O) groups is 1. The van der Waals surface area contributed by atoms with E-state index in [0.29, 0.717) is 0 Å². The van der Waals surface area contributed by atoms with Crippen molar-refractivity contribution in [1.82, 2.24) is 20.3 Å². The number of aromatic nitrogens is 3. The third kappa shape index (κ3) is 3.64. The summed E-state index contributed by atoms with van der Waals surface area (Å²) in [4.78, 5) is 12.1. The summed E-state index contributed by atoms with van der Waals surface area (Å²) in [5.41, 5.74) is 0.890. The second kappa shape index (κ2) is 6.27. The Bertz CT molecular complexity index is 493. The highest BCUT2D eigenvalue weighted by atomic mass is 32.1. The number of hydrogen-bond donors (Lipinski definition) is 2. The number of hydrogen-bond acceptors (Lipinski definition) is 5. The Kier molecular flexibility index (Phi) is 4.43. The summed E-state index contributed by atoms with van der Waals surface area (Å²) in [5, 5.41) is 15.7. The molecule has 0 saturated heterocycles. The van der Waals surface area contributed by atoms with Crippen molar-refractivity contribution in [3.63, 3.8) is 0 Å². The summed E-state index contributed by atoms with van der Waals surface area (Å²) in [6.07, 6.45) is 3.49. The molecule has 96 valence electrons. The molecule has 0 aliphatic carbocycles. The highest BCUT2D eigenvalue weighted by Gasteiger charge is 2.04. The van der Waals surface area contributed by atoms with Crippen molar-refractivity contribution in [2.45, 2.75) is 20.0 Å². The second-order valence-electron chi connectivity index (χ2n) is 3.78. The molecular weight excluding hydrogens is 250 g/mol. The van der Waals surface area contributed by atoms with E-state index >= 15 is 0 Å². The van der Waals surface area contributed by atoms with Gasteiger partial charge in [0.25, 0.3) is 0 Å². The molecule has 2 aromatic rings. The lowest BCUT2D eigenvalue weighted by Gasteiger charge is -2.06. The fourth-order valence-corrected chi connectivity index (χ4v) is 2.33. The van der Waals surface area contributed by atoms with Gasteiger partial charge in [-0.25, -0.2) is 0 Å². The van der Waals surface area contributed by atoms with Crippen molar-refractivity contribution in [1.29, 1.82) is 0 Å². The van der Waals surface area contributed by atoms with Gasteiger partial charge in [-0.2, -0.15) is 0 Å². The van der Waals surface area contributed by atoms with E-state index in [1.807, 2.05) is 17.6 Å². The number of anilines is 1. The van der Waals surface area contributed by atoms with Crippen LogP contribution >= 0.6 is 11.3 Å². The average Bonchev–Trinajstić information content (AvgIpc) is 2.95. The maximum absolute atomic E-state index is 11.0. The lowest BCUT2D eigenvalue weighted by Crippen LogP contribution is -2.20. The van der Waals surface area contributed by atoms with Crippen molar-refractivity contribution in [3.8, 4) is 0 Å². The van der Waals surface area contributed by atoms with Crippen molar-refractivity contribution in [2.75, 3.05) is 11.9 Å². The van der Waals surface area contributed by atoms with E-state index < -0.39 is 0 Å². The van der Waals surface area contributed by atoms with Crippen LogP contribution in [0.2, 0.25) is 0 Å². The smallest absolute Gasteiger partial charge is 0.221 e. The summed E-state index contributed by atoms with van der Waals surface area (Å²) in [5.74, 6) is -0.0442. The first kappa shape index (κ1) is 12.7. The molecule has 7 heteroatoms. The lowest BCUT2D eigenvalue weighted by atomic mass is 10.3. The summed E-state index contributed by atoms with van der Waals surface area (Å²) < 4.78 is 1.77. The molecule has 0 fully saturated rings. The average molecular weight is 265 g/mol. The third-order valence-corrected chi connectivity index (χ3v) is 3.25. The van der Waals surface area contributed by atoms with Crippen LogP contribution < -0.4 is 10.6 Å². The minimum atomic E-state index is -0.0442. The fraction of sp³-hybridized carbons (Fsp3) is 0.364. The van der Waals surface area contributed by atoms with E-state index in [9.17, 15) is 4.79 Å². The van der Waals surface area contributed by atoms with Crippen LogP contribution in [0.3, 0.4) is 0 Å². The van der Waals surface area contributed by atoms with Crippen molar-refractivity contribution in [2.24, 2.45) is 0 Å². The van der Waals surface area contributed by atoms with Crippen LogP contribution in [-0.2, 0) is 17.9 Å². The van der Waals surface area contributed by atoms with Gasteiger partial charge in [-0.1, -0.05) is 5.21 Å². The van der Waals surface area contributed by atoms with E-state index in [-0.39, 0.29) is 5.91 Å². The zero-order chi connectivity index (χ0) is 12.8. The molecule has 2 rings (SSSR count). The lowest BCUT2D eigenvalue weighted by molar-refractivity contribution is -0.114. The number of rotatable bonds is 6. The maximum atomic E-state index is 11.0. The van der Waals surface area contributed by atoms with Crippen LogP contribution in [0.5, 0.6) is 0 Å². The number of amides is 1. The van der Waals surface area contributed by atoms with Gasteiger partial charge in [-0.15, -0.1) is 16.4 Å². The van der Waals surface area contributed by atoms with Crippen LogP contribution in [0.1, 0.15) is 11.8 Å². The standard InChI is InChI=1S/C11H15N5OS/c1-9(17)14-10-2-7-18-11(10)8-12-3-5-16-6-4-13-15-16/h2,4,6-7,12H,3,5,8H2,1H3,(H,14,17). The minimum absolute atomic E-state index is 0.0442. The summed E-state index contributed by atoms with van der Waals surface area (Å²) >= 11 is 1.63. The minimum Gasteiger partial charge on any atom is -0.325 e. The molecule has 0 saturated carbocycles. The molecule has 0 radical (unpaired) electrons. The van der Waals surface area contributed by atoms with E-state index in [2.05, 4.69) is 20.9 Å². The maximum Gasteiger partial charge on any atom is 0.221 e. The predicted octanol–water partition coefficient (Wildman–Crippen LogP) is 1.09. The Labute approximate surface area is 109 Å². The molecule has 0 aromatic carbocycles. The SMILES string of the molecule is CC(=O)Nc1ccsc1CNCCn1ccnn1. The normalized spacial score (nSPS) is 10.5. The van der Waals surface area contributed by atoms with Crippen molar-refractivity contribution < 1.29 is 4.79 Å². The molecule has 0 aliphatic heterocycles. The van der Waals surface area contributed by atoms with Crippen LogP contribution in [-0.4, -0.2) is 27.4 Å². The first-order valence-corrected chi connectivity index (χ1v) is 6.52. The molecule has 6 nitrogen and oxygen atoms in total. The highest BCUT2D eigenvalue weighted by Crippen LogP contribution is 2.21. The predicted molar refractivity (Wildman–Crippen MR) is 70.4 cm³/mol. The third-order valence-electron chi connectivity index (χ3n) is 2.33. The zero-order valence-corrected chi connectivity index (χ0v) is 10.9. The summed E-state index contributed by atoms with van der Waals surface area (Å²) in [7, 11) is 0. The van der Waals surface area contributed by atoms with E-state index in [1.54, 1.807) is 22.2 Å². The van der Waals surface area contributed by atoms with Crippen LogP contribution in [0.25, 0.3) is 0 Å². The quantitative estimate of drug-likeness (QED) is 0.767. The van der Waals surface area contributed by atoms with Gasteiger partial charge in [-0.3, -0.25) is 9.48 Å². The van der Waals surface area contributed by atoms with Gasteiger partial charge < -0.3 is 10.6 Å². The monoisotopic (exact) mass is 265 g/mol. The van der Waals surface area contributed by atoms with E-state index in [1.165, 1.54) is 6.92 Å². The number of carbonyl (C=O) groups excluding carboxylic acids is 1. The largest absolute Gasteiger partial charge is 0.325 e. The van der Waals surface area contributed by atoms with Gasteiger partial charge in [-0.05, 0) is 11.4 Å². The number of nitrogens with zero attached hydrogens (tertiary/aromatic N) is 3. The topological polar surface area (TPSA) is 71.8 Å². The zero-order valence-electron chi connectivity index (χ0n) is 10.1. The number of nitrogens with one attached hydrogen (secondary N) is 2. The first-order valence-electron chi connectivity index (χ1n) is 5.64. The van der Waals surface area contributed by atoms with E-state index in [0.717, 1.165) is 30.2 Å². The molecule has 18 heavy (non-hydrogen) atoms. The fourth-order valence-electron chi connectivity index (χ4n) is 1.53. The van der Waals surface area contributed by atoms with Gasteiger partial charge in [0.1, 0.15) is 0 Å². The van der Waals surface area contributed by atoms with Crippen molar-refractivity contribution >= 4 is 22.9 Å². The highest BCUT2D eigenvalue weighted by molar-refractivity contribution is 7.10. The second-order valence-corrected chi connectivity index (χ2v) is 4.78. The van der Waals surface area contributed by atoms with Crippen LogP contribution in [0, 0.1) is 0 Å². The van der Waals surface area contributed by atoms with Gasteiger partial charge in [0.2, 0.25) is 5.91 Å². The molecular formula is C11H15N5OS. The molecule has 0 aliphatic rings. The van der Waals surface area contributed by atoms with Gasteiger partial charge >= 0.3 is 0 Å². The molecule has 0 unspecified atom stereocenters. The Morgan fingerprint density at radius 1 is 1.56 bits per heavy atom. The molecule has 1 amide bonds. The molecule has 0 spiro atoms. The van der Waals surface area contributed by atoms with Gasteiger partial charge in [0.15, 0.2) is 0 Å². The Balaban J connectivity index is 1.76. The Morgan fingerprint density at radius 3 is 3.17 bits per heavy atom. The molecule has 2 N–H and O–H groups in total. The van der Waals surface area contributed by atoms with Gasteiger partial charge in [0.05, 0.1) is 18.4 Å².